The average Bonchev–Trinajstić information content (AvgIpc) is 2.52. The van der Waals surface area contributed by atoms with Gasteiger partial charge in [0.2, 0.25) is 0 Å². The van der Waals surface area contributed by atoms with Crippen LogP contribution in [0.5, 0.6) is 0 Å². The molecule has 80 valence electrons. The molecule has 1 heterocycles. The summed E-state index contributed by atoms with van der Waals surface area (Å²) in [6, 6.07) is 1.94. The molecular formula is C10H17NO2S. The Morgan fingerprint density at radius 3 is 2.86 bits per heavy atom. The highest BCUT2D eigenvalue weighted by Gasteiger charge is 2.17. The third kappa shape index (κ3) is 3.36. The standard InChI is InChI=1S/C10H17NO2S/c1-8-3-4-13-9(8)5-14-7-10(2,12)6-11/h3-4,12H,5-7,11H2,1-2H3. The van der Waals surface area contributed by atoms with E-state index in [0.717, 1.165) is 17.1 Å². The number of furan rings is 1. The van der Waals surface area contributed by atoms with Gasteiger partial charge in [-0.05, 0) is 25.5 Å². The van der Waals surface area contributed by atoms with Gasteiger partial charge in [0.05, 0.1) is 17.6 Å². The molecule has 0 aliphatic carbocycles. The van der Waals surface area contributed by atoms with Crippen LogP contribution in [0.2, 0.25) is 0 Å². The van der Waals surface area contributed by atoms with E-state index in [4.69, 9.17) is 10.2 Å². The van der Waals surface area contributed by atoms with Gasteiger partial charge in [-0.25, -0.2) is 0 Å². The first-order chi connectivity index (χ1) is 6.55. The van der Waals surface area contributed by atoms with Gasteiger partial charge in [0.15, 0.2) is 0 Å². The monoisotopic (exact) mass is 215 g/mol. The molecule has 1 rings (SSSR count). The van der Waals surface area contributed by atoms with Crippen LogP contribution in [0, 0.1) is 6.92 Å². The van der Waals surface area contributed by atoms with Crippen LogP contribution < -0.4 is 5.73 Å². The summed E-state index contributed by atoms with van der Waals surface area (Å²) in [5.41, 5.74) is 5.79. The maximum atomic E-state index is 9.64. The predicted octanol–water partition coefficient (Wildman–Crippen LogP) is 1.53. The van der Waals surface area contributed by atoms with E-state index in [1.807, 2.05) is 13.0 Å². The van der Waals surface area contributed by atoms with Crippen molar-refractivity contribution < 1.29 is 9.52 Å². The highest BCUT2D eigenvalue weighted by atomic mass is 32.2. The van der Waals surface area contributed by atoms with Gasteiger partial charge in [-0.2, -0.15) is 11.8 Å². The second kappa shape index (κ2) is 4.87. The lowest BCUT2D eigenvalue weighted by atomic mass is 10.1. The van der Waals surface area contributed by atoms with Crippen molar-refractivity contribution in [3.05, 3.63) is 23.7 Å². The molecule has 0 spiro atoms. The molecule has 1 unspecified atom stereocenters. The highest BCUT2D eigenvalue weighted by Crippen LogP contribution is 2.20. The number of hydrogen-bond donors (Lipinski definition) is 2. The number of rotatable bonds is 5. The van der Waals surface area contributed by atoms with E-state index < -0.39 is 5.60 Å². The molecule has 1 aromatic rings. The molecule has 0 amide bonds. The third-order valence-corrected chi connectivity index (χ3v) is 3.35. The van der Waals surface area contributed by atoms with Crippen molar-refractivity contribution in [2.45, 2.75) is 25.2 Å². The molecular weight excluding hydrogens is 198 g/mol. The van der Waals surface area contributed by atoms with Gasteiger partial charge in [0, 0.05) is 12.3 Å². The number of aliphatic hydroxyl groups is 1. The Labute approximate surface area is 88.7 Å². The van der Waals surface area contributed by atoms with Gasteiger partial charge < -0.3 is 15.3 Å². The van der Waals surface area contributed by atoms with E-state index in [1.54, 1.807) is 24.9 Å². The van der Waals surface area contributed by atoms with Crippen molar-refractivity contribution in [3.63, 3.8) is 0 Å². The fourth-order valence-corrected chi connectivity index (χ4v) is 2.12. The van der Waals surface area contributed by atoms with Crippen LogP contribution in [-0.4, -0.2) is 23.0 Å². The Hall–Kier alpha value is -0.450. The lowest BCUT2D eigenvalue weighted by Gasteiger charge is -2.19. The summed E-state index contributed by atoms with van der Waals surface area (Å²) in [7, 11) is 0. The van der Waals surface area contributed by atoms with Gasteiger partial charge >= 0.3 is 0 Å². The van der Waals surface area contributed by atoms with Crippen LogP contribution in [0.4, 0.5) is 0 Å². The number of thioether (sulfide) groups is 1. The van der Waals surface area contributed by atoms with Crippen molar-refractivity contribution >= 4 is 11.8 Å². The first-order valence-electron chi connectivity index (χ1n) is 4.58. The van der Waals surface area contributed by atoms with Crippen LogP contribution in [0.25, 0.3) is 0 Å². The summed E-state index contributed by atoms with van der Waals surface area (Å²) in [5.74, 6) is 2.39. The van der Waals surface area contributed by atoms with E-state index in [1.165, 1.54) is 0 Å². The molecule has 3 N–H and O–H groups in total. The number of nitrogens with two attached hydrogens (primary N) is 1. The molecule has 1 aromatic heterocycles. The molecule has 14 heavy (non-hydrogen) atoms. The van der Waals surface area contributed by atoms with Crippen LogP contribution in [0.1, 0.15) is 18.2 Å². The maximum Gasteiger partial charge on any atom is 0.116 e. The SMILES string of the molecule is Cc1ccoc1CSCC(C)(O)CN. The molecule has 0 saturated heterocycles. The lowest BCUT2D eigenvalue weighted by molar-refractivity contribution is 0.0949. The van der Waals surface area contributed by atoms with Crippen LogP contribution in [0.15, 0.2) is 16.7 Å². The topological polar surface area (TPSA) is 59.4 Å². The van der Waals surface area contributed by atoms with Gasteiger partial charge in [-0.1, -0.05) is 0 Å². The summed E-state index contributed by atoms with van der Waals surface area (Å²) in [6.07, 6.45) is 1.69. The molecule has 0 aliphatic heterocycles. The Morgan fingerprint density at radius 1 is 1.64 bits per heavy atom. The predicted molar refractivity (Wildman–Crippen MR) is 59.3 cm³/mol. The molecule has 0 fully saturated rings. The molecule has 0 aliphatic rings. The Balaban J connectivity index is 2.32. The Morgan fingerprint density at radius 2 is 2.36 bits per heavy atom. The fourth-order valence-electron chi connectivity index (χ4n) is 0.974. The van der Waals surface area contributed by atoms with Gasteiger partial charge in [-0.3, -0.25) is 0 Å². The number of hydrogen-bond acceptors (Lipinski definition) is 4. The summed E-state index contributed by atoms with van der Waals surface area (Å²) >= 11 is 1.63. The van der Waals surface area contributed by atoms with E-state index in [2.05, 4.69) is 0 Å². The zero-order chi connectivity index (χ0) is 10.6. The smallest absolute Gasteiger partial charge is 0.116 e. The molecule has 0 radical (unpaired) electrons. The third-order valence-electron chi connectivity index (χ3n) is 2.05. The second-order valence-corrected chi connectivity index (χ2v) is 4.71. The summed E-state index contributed by atoms with van der Waals surface area (Å²) in [4.78, 5) is 0. The second-order valence-electron chi connectivity index (χ2n) is 3.72. The first kappa shape index (κ1) is 11.6. The molecule has 0 bridgehead atoms. The van der Waals surface area contributed by atoms with Crippen molar-refractivity contribution in [3.8, 4) is 0 Å². The average molecular weight is 215 g/mol. The molecule has 0 saturated carbocycles. The van der Waals surface area contributed by atoms with Crippen LogP contribution >= 0.6 is 11.8 Å². The van der Waals surface area contributed by atoms with Gasteiger partial charge in [-0.15, -0.1) is 0 Å². The minimum Gasteiger partial charge on any atom is -0.468 e. The van der Waals surface area contributed by atoms with Crippen molar-refractivity contribution in [1.82, 2.24) is 0 Å². The van der Waals surface area contributed by atoms with E-state index in [-0.39, 0.29) is 6.54 Å². The first-order valence-corrected chi connectivity index (χ1v) is 5.74. The largest absolute Gasteiger partial charge is 0.468 e. The normalized spacial score (nSPS) is 15.4. The van der Waals surface area contributed by atoms with Crippen molar-refractivity contribution in [2.24, 2.45) is 5.73 Å². The lowest BCUT2D eigenvalue weighted by Crippen LogP contribution is -2.36. The summed E-state index contributed by atoms with van der Waals surface area (Å²) in [5, 5.41) is 9.64. The Kier molecular flexibility index (Phi) is 4.04. The van der Waals surface area contributed by atoms with Crippen molar-refractivity contribution in [2.75, 3.05) is 12.3 Å². The Bertz CT molecular complexity index is 283. The molecule has 1 atom stereocenters. The molecule has 0 aromatic carbocycles. The minimum atomic E-state index is -0.773. The zero-order valence-corrected chi connectivity index (χ0v) is 9.43. The van der Waals surface area contributed by atoms with E-state index in [9.17, 15) is 5.11 Å². The molecule has 4 heteroatoms. The summed E-state index contributed by atoms with van der Waals surface area (Å²) in [6.45, 7) is 4.05. The fraction of sp³-hybridized carbons (Fsp3) is 0.600. The quantitative estimate of drug-likeness (QED) is 0.782. The minimum absolute atomic E-state index is 0.289. The zero-order valence-electron chi connectivity index (χ0n) is 8.62. The highest BCUT2D eigenvalue weighted by molar-refractivity contribution is 7.98. The molecule has 3 nitrogen and oxygen atoms in total. The van der Waals surface area contributed by atoms with Crippen LogP contribution in [0.3, 0.4) is 0 Å². The van der Waals surface area contributed by atoms with Gasteiger partial charge in [0.25, 0.3) is 0 Å². The van der Waals surface area contributed by atoms with Crippen molar-refractivity contribution in [1.29, 1.82) is 0 Å². The van der Waals surface area contributed by atoms with Crippen LogP contribution in [-0.2, 0) is 5.75 Å². The van der Waals surface area contributed by atoms with E-state index in [0.29, 0.717) is 5.75 Å². The number of aryl methyl sites for hydroxylation is 1. The maximum absolute atomic E-state index is 9.64. The summed E-state index contributed by atoms with van der Waals surface area (Å²) < 4.78 is 5.28. The van der Waals surface area contributed by atoms with E-state index >= 15 is 0 Å². The van der Waals surface area contributed by atoms with Gasteiger partial charge in [0.1, 0.15) is 5.76 Å².